The molecule has 5 aliphatic rings. The summed E-state index contributed by atoms with van der Waals surface area (Å²) in [6.07, 6.45) is 17.6. The SMILES string of the molecule is CCOC(=O)N[C@@H]1CC[C@H]2[C@H](C1)C[C@H]1C(=O)C3=C(C=C3)[C@@H](C)[C@H]1[C@H]2/C=C/C1=CC=C(c2cccc(F)c2)C(C)C1. The normalized spacial score (nSPS) is 34.8. The highest BCUT2D eigenvalue weighted by Crippen LogP contribution is 2.57. The molecule has 0 aromatic heterocycles. The van der Waals surface area contributed by atoms with Crippen LogP contribution in [0.25, 0.3) is 5.57 Å². The van der Waals surface area contributed by atoms with E-state index in [9.17, 15) is 14.0 Å². The highest BCUT2D eigenvalue weighted by molar-refractivity contribution is 6.04. The summed E-state index contributed by atoms with van der Waals surface area (Å²) in [7, 11) is 0. The largest absolute Gasteiger partial charge is 0.450 e. The predicted molar refractivity (Wildman–Crippen MR) is 156 cm³/mol. The van der Waals surface area contributed by atoms with Gasteiger partial charge in [0.15, 0.2) is 5.78 Å². The van der Waals surface area contributed by atoms with Gasteiger partial charge in [0.2, 0.25) is 0 Å². The number of halogens is 1. The van der Waals surface area contributed by atoms with Gasteiger partial charge in [-0.15, -0.1) is 0 Å². The summed E-state index contributed by atoms with van der Waals surface area (Å²) in [5.74, 6) is 2.35. The average molecular weight is 542 g/mol. The monoisotopic (exact) mass is 541 g/mol. The topological polar surface area (TPSA) is 55.4 Å². The number of ether oxygens (including phenoxy) is 1. The van der Waals surface area contributed by atoms with Crippen LogP contribution < -0.4 is 5.32 Å². The highest BCUT2D eigenvalue weighted by Gasteiger charge is 2.53. The van der Waals surface area contributed by atoms with Crippen molar-refractivity contribution in [2.75, 3.05) is 6.61 Å². The summed E-state index contributed by atoms with van der Waals surface area (Å²) in [6, 6.07) is 6.96. The van der Waals surface area contributed by atoms with Crippen LogP contribution in [0.5, 0.6) is 0 Å². The number of hydrogen-bond donors (Lipinski definition) is 1. The van der Waals surface area contributed by atoms with Gasteiger partial charge >= 0.3 is 6.09 Å². The highest BCUT2D eigenvalue weighted by atomic mass is 19.1. The van der Waals surface area contributed by atoms with Crippen molar-refractivity contribution < 1.29 is 18.7 Å². The molecular weight excluding hydrogens is 501 g/mol. The molecule has 0 bridgehead atoms. The Morgan fingerprint density at radius 1 is 1.15 bits per heavy atom. The van der Waals surface area contributed by atoms with Crippen molar-refractivity contribution in [3.05, 3.63) is 88.8 Å². The molecule has 40 heavy (non-hydrogen) atoms. The zero-order valence-electron chi connectivity index (χ0n) is 23.7. The molecule has 6 rings (SSSR count). The number of Topliss-reactive ketones (excluding diaryl/α,β-unsaturated/α-hetero) is 1. The maximum absolute atomic E-state index is 13.8. The molecular formula is C35H40FNO3. The van der Waals surface area contributed by atoms with Crippen molar-refractivity contribution in [3.8, 4) is 0 Å². The summed E-state index contributed by atoms with van der Waals surface area (Å²) in [6.45, 7) is 6.71. The van der Waals surface area contributed by atoms with Crippen molar-refractivity contribution in [3.63, 3.8) is 0 Å². The Labute approximate surface area is 237 Å². The molecule has 2 saturated carbocycles. The molecule has 1 aromatic carbocycles. The van der Waals surface area contributed by atoms with Crippen LogP contribution in [-0.4, -0.2) is 24.5 Å². The lowest BCUT2D eigenvalue weighted by Gasteiger charge is -2.54. The van der Waals surface area contributed by atoms with Gasteiger partial charge in [-0.1, -0.05) is 62.4 Å². The van der Waals surface area contributed by atoms with E-state index in [0.717, 1.165) is 43.2 Å². The lowest BCUT2D eigenvalue weighted by Crippen LogP contribution is -2.52. The standard InChI is InChI=1S/C35H40FNO3/c1-4-40-35(39)37-26-10-13-29-24(18-26)19-32-33(21(3)28-14-15-31(28)34(32)38)30(29)12-9-22-8-11-27(20(2)16-22)23-6-5-7-25(36)17-23/h5-9,11-12,14-15,17,20-21,24,26,29-30,32-33H,4,10,13,16,18-19H2,1-3H3,(H,37,39)/b12-9+/t20?,21-,24-,26-,29+,30+,32-,33+/m1/s1. The van der Waals surface area contributed by atoms with Crippen molar-refractivity contribution in [2.24, 2.45) is 41.4 Å². The van der Waals surface area contributed by atoms with E-state index in [4.69, 9.17) is 4.74 Å². The Balaban J connectivity index is 1.26. The first kappa shape index (κ1) is 27.0. The van der Waals surface area contributed by atoms with Crippen LogP contribution >= 0.6 is 0 Å². The quantitative estimate of drug-likeness (QED) is 0.418. The number of benzene rings is 1. The summed E-state index contributed by atoms with van der Waals surface area (Å²) in [4.78, 5) is 25.7. The van der Waals surface area contributed by atoms with E-state index in [-0.39, 0.29) is 23.9 Å². The Hall–Kier alpha value is -3.21. The molecule has 0 aliphatic heterocycles. The average Bonchev–Trinajstić information content (AvgIpc) is 2.90. The lowest BCUT2D eigenvalue weighted by atomic mass is 9.50. The molecule has 1 amide bonds. The molecule has 0 spiro atoms. The number of alkyl carbamates (subject to hydrolysis) is 1. The van der Waals surface area contributed by atoms with E-state index < -0.39 is 0 Å². The summed E-state index contributed by atoms with van der Waals surface area (Å²) >= 11 is 0. The predicted octanol–water partition coefficient (Wildman–Crippen LogP) is 7.60. The number of nitrogens with one attached hydrogen (secondary N) is 1. The minimum absolute atomic E-state index is 0.0367. The second kappa shape index (κ2) is 11.0. The molecule has 1 aromatic rings. The van der Waals surface area contributed by atoms with E-state index in [0.29, 0.717) is 47.9 Å². The minimum atomic E-state index is -0.336. The molecule has 0 heterocycles. The Morgan fingerprint density at radius 3 is 2.73 bits per heavy atom. The van der Waals surface area contributed by atoms with Gasteiger partial charge in [0, 0.05) is 17.5 Å². The molecule has 1 N–H and O–H groups in total. The number of allylic oxidation sites excluding steroid dienone is 10. The van der Waals surface area contributed by atoms with Crippen LogP contribution in [0, 0.1) is 47.2 Å². The molecule has 1 unspecified atom stereocenters. The van der Waals surface area contributed by atoms with Gasteiger partial charge in [-0.25, -0.2) is 9.18 Å². The number of fused-ring (bicyclic) bond motifs is 2. The fourth-order valence-electron chi connectivity index (χ4n) is 8.40. The molecule has 4 nitrogen and oxygen atoms in total. The van der Waals surface area contributed by atoms with Gasteiger partial charge in [0.25, 0.3) is 0 Å². The molecule has 2 fully saturated rings. The van der Waals surface area contributed by atoms with Crippen LogP contribution in [0.3, 0.4) is 0 Å². The van der Waals surface area contributed by atoms with E-state index in [1.807, 2.05) is 19.1 Å². The van der Waals surface area contributed by atoms with Crippen molar-refractivity contribution >= 4 is 17.4 Å². The van der Waals surface area contributed by atoms with E-state index in [1.165, 1.54) is 22.8 Å². The molecule has 0 radical (unpaired) electrons. The molecule has 5 aliphatic carbocycles. The van der Waals surface area contributed by atoms with Gasteiger partial charge < -0.3 is 10.1 Å². The van der Waals surface area contributed by atoms with E-state index in [2.05, 4.69) is 49.5 Å². The van der Waals surface area contributed by atoms with Gasteiger partial charge in [-0.05, 0) is 109 Å². The van der Waals surface area contributed by atoms with Crippen molar-refractivity contribution in [1.82, 2.24) is 5.32 Å². The third-order valence-electron chi connectivity index (χ3n) is 10.2. The number of rotatable bonds is 5. The summed E-state index contributed by atoms with van der Waals surface area (Å²) in [5.41, 5.74) is 5.59. The van der Waals surface area contributed by atoms with Crippen LogP contribution in [0.15, 0.2) is 77.4 Å². The number of amides is 1. The lowest BCUT2D eigenvalue weighted by molar-refractivity contribution is -0.127. The zero-order chi connectivity index (χ0) is 28.0. The molecule has 210 valence electrons. The van der Waals surface area contributed by atoms with Crippen molar-refractivity contribution in [2.45, 2.75) is 58.9 Å². The minimum Gasteiger partial charge on any atom is -0.450 e. The molecule has 0 saturated heterocycles. The molecule has 5 heteroatoms. The second-order valence-corrected chi connectivity index (χ2v) is 12.5. The Kier molecular flexibility index (Phi) is 7.41. The van der Waals surface area contributed by atoms with Gasteiger partial charge in [-0.2, -0.15) is 0 Å². The fourth-order valence-corrected chi connectivity index (χ4v) is 8.40. The van der Waals surface area contributed by atoms with Crippen LogP contribution in [0.1, 0.15) is 58.4 Å². The van der Waals surface area contributed by atoms with Crippen LogP contribution in [0.4, 0.5) is 9.18 Å². The first-order chi connectivity index (χ1) is 19.3. The van der Waals surface area contributed by atoms with E-state index in [1.54, 1.807) is 12.1 Å². The first-order valence-corrected chi connectivity index (χ1v) is 15.1. The van der Waals surface area contributed by atoms with Crippen LogP contribution in [0.2, 0.25) is 0 Å². The Morgan fingerprint density at radius 2 is 2.00 bits per heavy atom. The smallest absolute Gasteiger partial charge is 0.407 e. The fraction of sp³-hybridized carbons (Fsp3) is 0.486. The summed E-state index contributed by atoms with van der Waals surface area (Å²) < 4.78 is 19.0. The first-order valence-electron chi connectivity index (χ1n) is 15.1. The van der Waals surface area contributed by atoms with Gasteiger partial charge in [-0.3, -0.25) is 4.79 Å². The second-order valence-electron chi connectivity index (χ2n) is 12.5. The number of carbonyl (C=O) groups excluding carboxylic acids is 2. The number of carbonyl (C=O) groups is 2. The van der Waals surface area contributed by atoms with Crippen LogP contribution in [-0.2, 0) is 9.53 Å². The third-order valence-corrected chi connectivity index (χ3v) is 10.2. The molecule has 8 atom stereocenters. The van der Waals surface area contributed by atoms with E-state index >= 15 is 0 Å². The number of ketones is 1. The summed E-state index contributed by atoms with van der Waals surface area (Å²) in [5, 5.41) is 3.07. The zero-order valence-corrected chi connectivity index (χ0v) is 23.7. The van der Waals surface area contributed by atoms with Gasteiger partial charge in [0.05, 0.1) is 6.61 Å². The number of hydrogen-bond acceptors (Lipinski definition) is 3. The maximum atomic E-state index is 13.8. The van der Waals surface area contributed by atoms with Gasteiger partial charge in [0.1, 0.15) is 5.82 Å². The van der Waals surface area contributed by atoms with Crippen molar-refractivity contribution in [1.29, 1.82) is 0 Å². The third kappa shape index (κ3) is 4.93. The maximum Gasteiger partial charge on any atom is 0.407 e. The Bertz CT molecular complexity index is 1350.